The van der Waals surface area contributed by atoms with Gasteiger partial charge in [0, 0.05) is 26.1 Å². The van der Waals surface area contributed by atoms with Crippen LogP contribution in [-0.4, -0.2) is 32.2 Å². The number of hydrogen-bond donors (Lipinski definition) is 1. The van der Waals surface area contributed by atoms with E-state index in [9.17, 15) is 0 Å². The summed E-state index contributed by atoms with van der Waals surface area (Å²) in [4.78, 5) is 7.64. The normalized spacial score (nSPS) is 26.6. The summed E-state index contributed by atoms with van der Waals surface area (Å²) < 4.78 is 5.34. The van der Waals surface area contributed by atoms with Crippen molar-refractivity contribution in [2.24, 2.45) is 11.1 Å². The zero-order valence-corrected chi connectivity index (χ0v) is 11.3. The monoisotopic (exact) mass is 241 g/mol. The number of nitrogens with zero attached hydrogens (tertiary/aromatic N) is 2. The van der Waals surface area contributed by atoms with Crippen molar-refractivity contribution in [1.29, 1.82) is 0 Å². The van der Waals surface area contributed by atoms with Gasteiger partial charge in [-0.1, -0.05) is 25.2 Å². The molecule has 5 heteroatoms. The van der Waals surface area contributed by atoms with Gasteiger partial charge in [0.2, 0.25) is 5.88 Å². The molecule has 16 heavy (non-hydrogen) atoms. The molecule has 1 aliphatic rings. The van der Waals surface area contributed by atoms with Crippen LogP contribution in [0.4, 0.5) is 5.13 Å². The van der Waals surface area contributed by atoms with Crippen molar-refractivity contribution in [3.63, 3.8) is 0 Å². The van der Waals surface area contributed by atoms with Gasteiger partial charge in [0.1, 0.15) is 0 Å². The van der Waals surface area contributed by atoms with E-state index in [0.717, 1.165) is 11.0 Å². The molecule has 2 rings (SSSR count). The Morgan fingerprint density at radius 2 is 2.00 bits per heavy atom. The third-order valence-corrected chi connectivity index (χ3v) is 4.67. The zero-order chi connectivity index (χ0) is 12.1. The van der Waals surface area contributed by atoms with Crippen LogP contribution >= 0.6 is 11.3 Å². The molecule has 0 amide bonds. The van der Waals surface area contributed by atoms with Crippen LogP contribution in [0.25, 0.3) is 0 Å². The fraction of sp³-hybridized carbons (Fsp3) is 0.727. The van der Waals surface area contributed by atoms with Crippen LogP contribution in [0.15, 0.2) is 0 Å². The molecule has 4 nitrogen and oxygen atoms in total. The summed E-state index contributed by atoms with van der Waals surface area (Å²) in [6.07, 6.45) is 0. The Balaban J connectivity index is 2.34. The molecule has 2 atom stereocenters. The summed E-state index contributed by atoms with van der Waals surface area (Å²) in [6.45, 7) is 4.38. The Morgan fingerprint density at radius 3 is 2.38 bits per heavy atom. The summed E-state index contributed by atoms with van der Waals surface area (Å²) in [5.41, 5.74) is 6.27. The van der Waals surface area contributed by atoms with Crippen LogP contribution in [0, 0.1) is 5.41 Å². The molecular formula is C11H19N3OS. The van der Waals surface area contributed by atoms with Gasteiger partial charge in [-0.3, -0.25) is 0 Å². The molecule has 0 unspecified atom stereocenters. The highest BCUT2D eigenvalue weighted by Crippen LogP contribution is 2.60. The Bertz CT molecular complexity index is 400. The van der Waals surface area contributed by atoms with Crippen molar-refractivity contribution in [3.8, 4) is 5.88 Å². The van der Waals surface area contributed by atoms with Gasteiger partial charge in [-0.05, 0) is 5.41 Å². The second-order valence-electron chi connectivity index (χ2n) is 5.09. The molecular weight excluding hydrogens is 222 g/mol. The predicted molar refractivity (Wildman–Crippen MR) is 67.5 cm³/mol. The molecule has 0 saturated heterocycles. The number of methoxy groups -OCH3 is 1. The zero-order valence-electron chi connectivity index (χ0n) is 10.4. The van der Waals surface area contributed by atoms with Crippen LogP contribution in [0.1, 0.15) is 24.6 Å². The second-order valence-corrected chi connectivity index (χ2v) is 6.10. The lowest BCUT2D eigenvalue weighted by atomic mass is 10.1. The van der Waals surface area contributed by atoms with E-state index >= 15 is 0 Å². The summed E-state index contributed by atoms with van der Waals surface area (Å²) >= 11 is 1.68. The highest BCUT2D eigenvalue weighted by molar-refractivity contribution is 7.16. The van der Waals surface area contributed by atoms with Gasteiger partial charge in [0.15, 0.2) is 5.13 Å². The van der Waals surface area contributed by atoms with Crippen LogP contribution in [0.2, 0.25) is 0 Å². The lowest BCUT2D eigenvalue weighted by molar-refractivity contribution is 0.395. The number of aromatic nitrogens is 1. The van der Waals surface area contributed by atoms with E-state index in [1.54, 1.807) is 18.4 Å². The summed E-state index contributed by atoms with van der Waals surface area (Å²) in [5.74, 6) is 1.12. The van der Waals surface area contributed by atoms with E-state index in [-0.39, 0.29) is 11.5 Å². The van der Waals surface area contributed by atoms with E-state index in [1.807, 2.05) is 19.0 Å². The number of thiazole rings is 1. The van der Waals surface area contributed by atoms with E-state index in [1.165, 1.54) is 4.88 Å². The maximum absolute atomic E-state index is 6.09. The van der Waals surface area contributed by atoms with Crippen LogP contribution < -0.4 is 15.4 Å². The fourth-order valence-electron chi connectivity index (χ4n) is 2.02. The summed E-state index contributed by atoms with van der Waals surface area (Å²) in [5, 5.41) is 0.974. The van der Waals surface area contributed by atoms with Crippen molar-refractivity contribution in [2.75, 3.05) is 26.1 Å². The van der Waals surface area contributed by atoms with Crippen molar-refractivity contribution in [2.45, 2.75) is 25.8 Å². The first-order valence-electron chi connectivity index (χ1n) is 5.37. The SMILES string of the molecule is COc1nc(N(C)C)sc1[C@@H]1[C@@H](N)C1(C)C. The lowest BCUT2D eigenvalue weighted by Gasteiger charge is -2.04. The maximum Gasteiger partial charge on any atom is 0.229 e. The van der Waals surface area contributed by atoms with Crippen LogP contribution in [-0.2, 0) is 0 Å². The third kappa shape index (κ3) is 1.58. The van der Waals surface area contributed by atoms with Gasteiger partial charge < -0.3 is 15.4 Å². The molecule has 2 N–H and O–H groups in total. The lowest BCUT2D eigenvalue weighted by Crippen LogP contribution is -2.07. The highest BCUT2D eigenvalue weighted by atomic mass is 32.1. The van der Waals surface area contributed by atoms with Crippen molar-refractivity contribution >= 4 is 16.5 Å². The van der Waals surface area contributed by atoms with Crippen molar-refractivity contribution < 1.29 is 4.74 Å². The van der Waals surface area contributed by atoms with E-state index < -0.39 is 0 Å². The molecule has 0 aromatic carbocycles. The Morgan fingerprint density at radius 1 is 1.44 bits per heavy atom. The maximum atomic E-state index is 6.09. The first-order chi connectivity index (χ1) is 7.39. The molecule has 1 aromatic rings. The van der Waals surface area contributed by atoms with Gasteiger partial charge >= 0.3 is 0 Å². The van der Waals surface area contributed by atoms with Gasteiger partial charge in [-0.25, -0.2) is 0 Å². The summed E-state index contributed by atoms with van der Waals surface area (Å²) in [7, 11) is 5.64. The second kappa shape index (κ2) is 3.60. The summed E-state index contributed by atoms with van der Waals surface area (Å²) in [6, 6.07) is 0.219. The minimum Gasteiger partial charge on any atom is -0.480 e. The standard InChI is InChI=1S/C11H19N3OS/c1-11(2)6(8(11)12)7-9(15-5)13-10(16-7)14(3)4/h6,8H,12H2,1-5H3/t6-,8-/m1/s1. The fourth-order valence-corrected chi connectivity index (χ4v) is 3.32. The first kappa shape index (κ1) is 11.7. The number of anilines is 1. The average Bonchev–Trinajstić information content (AvgIpc) is 2.63. The number of nitrogens with two attached hydrogens (primary N) is 1. The Hall–Kier alpha value is -0.810. The van der Waals surface area contributed by atoms with E-state index in [2.05, 4.69) is 18.8 Å². The van der Waals surface area contributed by atoms with Gasteiger partial charge in [0.25, 0.3) is 0 Å². The highest BCUT2D eigenvalue weighted by Gasteiger charge is 2.58. The molecule has 0 aliphatic heterocycles. The number of ether oxygens (including phenoxy) is 1. The predicted octanol–water partition coefficient (Wildman–Crippen LogP) is 1.67. The van der Waals surface area contributed by atoms with Crippen molar-refractivity contribution in [3.05, 3.63) is 4.88 Å². The Labute approximate surface area is 100 Å². The third-order valence-electron chi connectivity index (χ3n) is 3.38. The molecule has 0 spiro atoms. The smallest absolute Gasteiger partial charge is 0.229 e. The van der Waals surface area contributed by atoms with Crippen molar-refractivity contribution in [1.82, 2.24) is 4.98 Å². The number of hydrogen-bond acceptors (Lipinski definition) is 5. The quantitative estimate of drug-likeness (QED) is 0.874. The molecule has 0 radical (unpaired) electrons. The molecule has 1 fully saturated rings. The van der Waals surface area contributed by atoms with Crippen LogP contribution in [0.5, 0.6) is 5.88 Å². The minimum atomic E-state index is 0.170. The molecule has 1 heterocycles. The van der Waals surface area contributed by atoms with Crippen LogP contribution in [0.3, 0.4) is 0 Å². The largest absolute Gasteiger partial charge is 0.480 e. The minimum absolute atomic E-state index is 0.170. The topological polar surface area (TPSA) is 51.4 Å². The first-order valence-corrected chi connectivity index (χ1v) is 6.19. The molecule has 0 bridgehead atoms. The Kier molecular flexibility index (Phi) is 2.62. The van der Waals surface area contributed by atoms with E-state index in [0.29, 0.717) is 5.92 Å². The van der Waals surface area contributed by atoms with Gasteiger partial charge in [-0.2, -0.15) is 4.98 Å². The number of rotatable bonds is 3. The molecule has 1 aliphatic carbocycles. The molecule has 90 valence electrons. The average molecular weight is 241 g/mol. The van der Waals surface area contributed by atoms with Gasteiger partial charge in [-0.15, -0.1) is 0 Å². The molecule has 1 aromatic heterocycles. The van der Waals surface area contributed by atoms with Gasteiger partial charge in [0.05, 0.1) is 12.0 Å². The van der Waals surface area contributed by atoms with E-state index in [4.69, 9.17) is 10.5 Å². The molecule has 1 saturated carbocycles.